The van der Waals surface area contributed by atoms with Crippen LogP contribution in [0.3, 0.4) is 0 Å². The molecule has 1 N–H and O–H groups in total. The zero-order chi connectivity index (χ0) is 15.0. The van der Waals surface area contributed by atoms with E-state index in [1.54, 1.807) is 0 Å². The highest BCUT2D eigenvalue weighted by Crippen LogP contribution is 2.33. The number of carbonyl (C=O) groups is 1. The number of ether oxygens (including phenoxy) is 1. The zero-order valence-corrected chi connectivity index (χ0v) is 13.0. The quantitative estimate of drug-likeness (QED) is 0.927. The van der Waals surface area contributed by atoms with Crippen LogP contribution in [0.25, 0.3) is 0 Å². The number of carbonyl (C=O) groups excluding carboxylic acids is 1. The fraction of sp³-hybridized carbons (Fsp3) is 0.588. The molecular formula is C17H24N2O2. The summed E-state index contributed by atoms with van der Waals surface area (Å²) in [6, 6.07) is 8.37. The Bertz CT molecular complexity index is 525. The second kappa shape index (κ2) is 5.78. The molecule has 1 aromatic carbocycles. The van der Waals surface area contributed by atoms with Gasteiger partial charge in [0, 0.05) is 18.6 Å². The number of rotatable bonds is 3. The maximum Gasteiger partial charge on any atom is 0.241 e. The fourth-order valence-corrected chi connectivity index (χ4v) is 3.47. The van der Waals surface area contributed by atoms with Crippen molar-refractivity contribution in [1.82, 2.24) is 10.2 Å². The van der Waals surface area contributed by atoms with Gasteiger partial charge in [-0.25, -0.2) is 0 Å². The van der Waals surface area contributed by atoms with Crippen LogP contribution in [0.2, 0.25) is 0 Å². The fourth-order valence-electron chi connectivity index (χ4n) is 3.47. The summed E-state index contributed by atoms with van der Waals surface area (Å²) in [7, 11) is 0. The first-order valence-electron chi connectivity index (χ1n) is 7.81. The van der Waals surface area contributed by atoms with Crippen LogP contribution in [0.4, 0.5) is 0 Å². The molecule has 2 aliphatic rings. The molecule has 2 fully saturated rings. The Kier molecular flexibility index (Phi) is 4.00. The van der Waals surface area contributed by atoms with Crippen LogP contribution in [0.1, 0.15) is 37.6 Å². The molecule has 4 heteroatoms. The van der Waals surface area contributed by atoms with Crippen molar-refractivity contribution >= 4 is 5.91 Å². The lowest BCUT2D eigenvalue weighted by atomic mass is 9.97. The van der Waals surface area contributed by atoms with Gasteiger partial charge in [0.25, 0.3) is 0 Å². The predicted octanol–water partition coefficient (Wildman–Crippen LogP) is 2.24. The van der Waals surface area contributed by atoms with Crippen LogP contribution in [-0.4, -0.2) is 36.1 Å². The zero-order valence-electron chi connectivity index (χ0n) is 13.0. The second-order valence-corrected chi connectivity index (χ2v) is 6.26. The molecule has 2 heterocycles. The van der Waals surface area contributed by atoms with Gasteiger partial charge in [0.2, 0.25) is 5.91 Å². The van der Waals surface area contributed by atoms with Gasteiger partial charge >= 0.3 is 0 Å². The highest BCUT2D eigenvalue weighted by molar-refractivity contribution is 5.84. The summed E-state index contributed by atoms with van der Waals surface area (Å²) in [6.45, 7) is 7.79. The molecule has 114 valence electrons. The van der Waals surface area contributed by atoms with Gasteiger partial charge in [-0.1, -0.05) is 24.3 Å². The first kappa shape index (κ1) is 14.5. The SMILES string of the molecule is Cc1ccccc1C1NC(C)C(=O)N1C(C)C1CCOC1. The molecule has 0 spiro atoms. The van der Waals surface area contributed by atoms with Gasteiger partial charge < -0.3 is 9.64 Å². The third kappa shape index (κ3) is 2.58. The highest BCUT2D eigenvalue weighted by Gasteiger charge is 2.42. The highest BCUT2D eigenvalue weighted by atomic mass is 16.5. The molecule has 21 heavy (non-hydrogen) atoms. The molecule has 4 atom stereocenters. The summed E-state index contributed by atoms with van der Waals surface area (Å²) >= 11 is 0. The Labute approximate surface area is 126 Å². The summed E-state index contributed by atoms with van der Waals surface area (Å²) in [5.41, 5.74) is 2.41. The smallest absolute Gasteiger partial charge is 0.241 e. The van der Waals surface area contributed by atoms with Gasteiger partial charge in [0.15, 0.2) is 0 Å². The first-order chi connectivity index (χ1) is 10.1. The first-order valence-corrected chi connectivity index (χ1v) is 7.81. The minimum Gasteiger partial charge on any atom is -0.381 e. The van der Waals surface area contributed by atoms with Crippen molar-refractivity contribution in [3.63, 3.8) is 0 Å². The van der Waals surface area contributed by atoms with E-state index in [0.29, 0.717) is 5.92 Å². The van der Waals surface area contributed by atoms with E-state index >= 15 is 0 Å². The summed E-state index contributed by atoms with van der Waals surface area (Å²) in [5, 5.41) is 3.45. The molecule has 0 aliphatic carbocycles. The molecular weight excluding hydrogens is 264 g/mol. The Balaban J connectivity index is 1.91. The van der Waals surface area contributed by atoms with Crippen LogP contribution >= 0.6 is 0 Å². The Morgan fingerprint density at radius 1 is 1.38 bits per heavy atom. The molecule has 0 saturated carbocycles. The van der Waals surface area contributed by atoms with Crippen molar-refractivity contribution < 1.29 is 9.53 Å². The van der Waals surface area contributed by atoms with Gasteiger partial charge in [-0.3, -0.25) is 10.1 Å². The lowest BCUT2D eigenvalue weighted by Crippen LogP contribution is -2.43. The van der Waals surface area contributed by atoms with Crippen LogP contribution < -0.4 is 5.32 Å². The number of amides is 1. The lowest BCUT2D eigenvalue weighted by molar-refractivity contribution is -0.132. The molecule has 4 unspecified atom stereocenters. The summed E-state index contributed by atoms with van der Waals surface area (Å²) < 4.78 is 5.51. The predicted molar refractivity (Wildman–Crippen MR) is 81.8 cm³/mol. The molecule has 0 aromatic heterocycles. The van der Waals surface area contributed by atoms with E-state index < -0.39 is 0 Å². The topological polar surface area (TPSA) is 41.6 Å². The van der Waals surface area contributed by atoms with Gasteiger partial charge in [0.05, 0.1) is 12.6 Å². The van der Waals surface area contributed by atoms with E-state index in [1.165, 1.54) is 11.1 Å². The average molecular weight is 288 g/mol. The maximum absolute atomic E-state index is 12.6. The van der Waals surface area contributed by atoms with E-state index in [1.807, 2.05) is 24.0 Å². The largest absolute Gasteiger partial charge is 0.381 e. The van der Waals surface area contributed by atoms with Crippen LogP contribution in [0, 0.1) is 12.8 Å². The van der Waals surface area contributed by atoms with Crippen molar-refractivity contribution in [3.05, 3.63) is 35.4 Å². The third-order valence-corrected chi connectivity index (χ3v) is 4.88. The van der Waals surface area contributed by atoms with E-state index in [4.69, 9.17) is 4.74 Å². The summed E-state index contributed by atoms with van der Waals surface area (Å²) in [5.74, 6) is 0.634. The Morgan fingerprint density at radius 2 is 2.14 bits per heavy atom. The molecule has 4 nitrogen and oxygen atoms in total. The van der Waals surface area contributed by atoms with Gasteiger partial charge in [-0.05, 0) is 38.3 Å². The number of aryl methyl sites for hydroxylation is 1. The third-order valence-electron chi connectivity index (χ3n) is 4.88. The van der Waals surface area contributed by atoms with E-state index in [2.05, 4.69) is 31.3 Å². The van der Waals surface area contributed by atoms with Gasteiger partial charge in [0.1, 0.15) is 6.17 Å². The van der Waals surface area contributed by atoms with Crippen molar-refractivity contribution in [3.8, 4) is 0 Å². The number of hydrogen-bond donors (Lipinski definition) is 1. The standard InChI is InChI=1S/C17H24N2O2/c1-11-6-4-5-7-15(11)16-18-12(2)17(20)19(16)13(3)14-8-9-21-10-14/h4-7,12-14,16,18H,8-10H2,1-3H3. The van der Waals surface area contributed by atoms with Crippen molar-refractivity contribution in [2.75, 3.05) is 13.2 Å². The number of nitrogens with zero attached hydrogens (tertiary/aromatic N) is 1. The molecule has 1 aromatic rings. The number of hydrogen-bond acceptors (Lipinski definition) is 3. The molecule has 1 amide bonds. The molecule has 2 aliphatic heterocycles. The van der Waals surface area contributed by atoms with Gasteiger partial charge in [-0.15, -0.1) is 0 Å². The van der Waals surface area contributed by atoms with E-state index in [0.717, 1.165) is 19.6 Å². The van der Waals surface area contributed by atoms with E-state index in [9.17, 15) is 4.79 Å². The Morgan fingerprint density at radius 3 is 2.81 bits per heavy atom. The molecule has 0 bridgehead atoms. The van der Waals surface area contributed by atoms with Gasteiger partial charge in [-0.2, -0.15) is 0 Å². The van der Waals surface area contributed by atoms with Crippen molar-refractivity contribution in [2.24, 2.45) is 5.92 Å². The minimum absolute atomic E-state index is 0.0238. The van der Waals surface area contributed by atoms with Crippen LogP contribution in [-0.2, 0) is 9.53 Å². The van der Waals surface area contributed by atoms with Crippen LogP contribution in [0.15, 0.2) is 24.3 Å². The minimum atomic E-state index is -0.126. The van der Waals surface area contributed by atoms with Crippen LogP contribution in [0.5, 0.6) is 0 Å². The normalized spacial score (nSPS) is 30.9. The number of benzene rings is 1. The van der Waals surface area contributed by atoms with E-state index in [-0.39, 0.29) is 24.2 Å². The Hall–Kier alpha value is -1.39. The second-order valence-electron chi connectivity index (χ2n) is 6.26. The van der Waals surface area contributed by atoms with Crippen molar-refractivity contribution in [1.29, 1.82) is 0 Å². The van der Waals surface area contributed by atoms with Crippen molar-refractivity contribution in [2.45, 2.75) is 45.4 Å². The lowest BCUT2D eigenvalue weighted by Gasteiger charge is -2.34. The molecule has 2 saturated heterocycles. The summed E-state index contributed by atoms with van der Waals surface area (Å²) in [6.07, 6.45) is 1.02. The maximum atomic E-state index is 12.6. The monoisotopic (exact) mass is 288 g/mol. The average Bonchev–Trinajstić information content (AvgIpc) is 3.09. The molecule has 0 radical (unpaired) electrons. The number of nitrogens with one attached hydrogen (secondary N) is 1. The summed E-state index contributed by atoms with van der Waals surface area (Å²) in [4.78, 5) is 14.7. The molecule has 3 rings (SSSR count).